The van der Waals surface area contributed by atoms with Gasteiger partial charge in [-0.3, -0.25) is 9.59 Å². The van der Waals surface area contributed by atoms with Crippen molar-refractivity contribution in [2.24, 2.45) is 0 Å². The highest BCUT2D eigenvalue weighted by molar-refractivity contribution is 6.46. The van der Waals surface area contributed by atoms with Gasteiger partial charge in [-0.2, -0.15) is 0 Å². The number of hydrogen-bond acceptors (Lipinski definition) is 4. The minimum absolute atomic E-state index is 0.0698. The Bertz CT molecular complexity index is 1320. The van der Waals surface area contributed by atoms with Crippen molar-refractivity contribution in [1.82, 2.24) is 4.90 Å². The molecule has 0 bridgehead atoms. The summed E-state index contributed by atoms with van der Waals surface area (Å²) in [6.07, 6.45) is 1.42. The summed E-state index contributed by atoms with van der Waals surface area (Å²) in [6.45, 7) is 6.62. The summed E-state index contributed by atoms with van der Waals surface area (Å²) in [7, 11) is 0. The molecule has 1 N–H and O–H groups in total. The number of ether oxygens (including phenoxy) is 1. The first-order valence-corrected chi connectivity index (χ1v) is 12.6. The van der Waals surface area contributed by atoms with Crippen LogP contribution >= 0.6 is 0 Å². The molecule has 5 rings (SSSR count). The summed E-state index contributed by atoms with van der Waals surface area (Å²) in [4.78, 5) is 28.2. The summed E-state index contributed by atoms with van der Waals surface area (Å²) in [5.41, 5.74) is 4.72. The fraction of sp³-hybridized carbons (Fsp3) is 0.290. The molecule has 36 heavy (non-hydrogen) atoms. The first-order chi connectivity index (χ1) is 17.3. The number of aliphatic hydroxyl groups is 1. The van der Waals surface area contributed by atoms with E-state index in [2.05, 4.69) is 13.8 Å². The average molecular weight is 482 g/mol. The molecule has 2 aliphatic heterocycles. The molecule has 2 aliphatic rings. The number of hydrogen-bond donors (Lipinski definition) is 1. The molecule has 0 aliphatic carbocycles. The third-order valence-corrected chi connectivity index (χ3v) is 7.11. The second-order valence-electron chi connectivity index (χ2n) is 10.0. The van der Waals surface area contributed by atoms with Crippen LogP contribution in [0.3, 0.4) is 0 Å². The lowest BCUT2D eigenvalue weighted by molar-refractivity contribution is -0.139. The smallest absolute Gasteiger partial charge is 0.295 e. The van der Waals surface area contributed by atoms with E-state index in [1.165, 1.54) is 5.56 Å². The van der Waals surface area contributed by atoms with Crippen LogP contribution in [0.25, 0.3) is 5.76 Å². The van der Waals surface area contributed by atoms with Gasteiger partial charge in [0.2, 0.25) is 0 Å². The molecule has 0 radical (unpaired) electrons. The first kappa shape index (κ1) is 23.9. The van der Waals surface area contributed by atoms with Gasteiger partial charge >= 0.3 is 0 Å². The molecular formula is C31H31NO4. The van der Waals surface area contributed by atoms with Gasteiger partial charge in [0.15, 0.2) is 0 Å². The fourth-order valence-electron chi connectivity index (χ4n) is 5.14. The second-order valence-corrected chi connectivity index (χ2v) is 10.0. The molecule has 184 valence electrons. The first-order valence-electron chi connectivity index (χ1n) is 12.6. The van der Waals surface area contributed by atoms with Crippen LogP contribution in [0.4, 0.5) is 0 Å². The van der Waals surface area contributed by atoms with E-state index in [9.17, 15) is 14.7 Å². The molecule has 3 aromatic rings. The predicted octanol–water partition coefficient (Wildman–Crippen LogP) is 5.80. The topological polar surface area (TPSA) is 66.8 Å². The molecule has 0 spiro atoms. The van der Waals surface area contributed by atoms with Crippen LogP contribution in [-0.2, 0) is 22.4 Å². The Balaban J connectivity index is 1.57. The molecule has 1 saturated heterocycles. The Labute approximate surface area is 212 Å². The Kier molecular flexibility index (Phi) is 6.40. The zero-order chi connectivity index (χ0) is 25.4. The summed E-state index contributed by atoms with van der Waals surface area (Å²) in [6, 6.07) is 22.7. The molecule has 0 unspecified atom stereocenters. The Hall–Kier alpha value is -3.86. The van der Waals surface area contributed by atoms with E-state index in [0.717, 1.165) is 28.9 Å². The van der Waals surface area contributed by atoms with E-state index < -0.39 is 17.7 Å². The van der Waals surface area contributed by atoms with Crippen molar-refractivity contribution in [3.8, 4) is 5.75 Å². The molecule has 0 aromatic heterocycles. The molecule has 2 heterocycles. The van der Waals surface area contributed by atoms with Crippen LogP contribution in [-0.4, -0.2) is 34.3 Å². The van der Waals surface area contributed by atoms with Gasteiger partial charge in [-0.1, -0.05) is 68.4 Å². The van der Waals surface area contributed by atoms with E-state index in [1.807, 2.05) is 73.7 Å². The highest BCUT2D eigenvalue weighted by Gasteiger charge is 2.46. The van der Waals surface area contributed by atoms with Crippen molar-refractivity contribution in [2.45, 2.75) is 51.7 Å². The van der Waals surface area contributed by atoms with Crippen molar-refractivity contribution >= 4 is 17.4 Å². The molecule has 3 aromatic carbocycles. The van der Waals surface area contributed by atoms with E-state index in [4.69, 9.17) is 4.74 Å². The summed E-state index contributed by atoms with van der Waals surface area (Å²) < 4.78 is 5.79. The number of Topliss-reactive ketones (excluding diaryl/α,β-unsaturated/α-hetero) is 1. The van der Waals surface area contributed by atoms with Crippen LogP contribution < -0.4 is 4.74 Å². The molecule has 2 atom stereocenters. The lowest BCUT2D eigenvalue weighted by atomic mass is 9.92. The van der Waals surface area contributed by atoms with Crippen LogP contribution in [0.15, 0.2) is 78.4 Å². The molecular weight excluding hydrogens is 450 g/mol. The molecule has 5 nitrogen and oxygen atoms in total. The molecule has 0 saturated carbocycles. The SMILES string of the molecule is CC(C)c1ccc([C@H]2C(=C(O)c3ccc4c(c3)C[C@H](C)O4)C(=O)C(=O)N2CCc2ccccc2)cc1. The van der Waals surface area contributed by atoms with Crippen molar-refractivity contribution in [2.75, 3.05) is 6.54 Å². The van der Waals surface area contributed by atoms with Crippen LogP contribution in [0.2, 0.25) is 0 Å². The van der Waals surface area contributed by atoms with Gasteiger partial charge in [-0.05, 0) is 59.7 Å². The number of carbonyl (C=O) groups excluding carboxylic acids is 2. The standard InChI is InChI=1S/C31H31NO4/c1-19(2)22-9-11-23(12-10-22)28-27(29(33)24-13-14-26-25(18-24)17-20(3)36-26)30(34)31(35)32(28)16-15-21-7-5-4-6-8-21/h4-14,18-20,28,33H,15-17H2,1-3H3/t20-,28-/m0/s1. The quantitative estimate of drug-likeness (QED) is 0.275. The Morgan fingerprint density at radius 2 is 1.75 bits per heavy atom. The maximum Gasteiger partial charge on any atom is 0.295 e. The Morgan fingerprint density at radius 1 is 1.03 bits per heavy atom. The van der Waals surface area contributed by atoms with Gasteiger partial charge in [-0.15, -0.1) is 0 Å². The zero-order valence-electron chi connectivity index (χ0n) is 20.9. The highest BCUT2D eigenvalue weighted by Crippen LogP contribution is 2.41. The number of benzene rings is 3. The lowest BCUT2D eigenvalue weighted by Crippen LogP contribution is -2.31. The number of carbonyl (C=O) groups is 2. The van der Waals surface area contributed by atoms with Crippen molar-refractivity contribution in [3.05, 3.63) is 106 Å². The average Bonchev–Trinajstić information content (AvgIpc) is 3.38. The van der Waals surface area contributed by atoms with Crippen molar-refractivity contribution in [1.29, 1.82) is 0 Å². The van der Waals surface area contributed by atoms with Gasteiger partial charge in [0.05, 0.1) is 11.6 Å². The van der Waals surface area contributed by atoms with Crippen LogP contribution in [0.1, 0.15) is 60.5 Å². The van der Waals surface area contributed by atoms with Crippen molar-refractivity contribution in [3.63, 3.8) is 0 Å². The zero-order valence-corrected chi connectivity index (χ0v) is 20.9. The largest absolute Gasteiger partial charge is 0.507 e. The number of ketones is 1. The van der Waals surface area contributed by atoms with Crippen LogP contribution in [0, 0.1) is 0 Å². The van der Waals surface area contributed by atoms with Gasteiger partial charge < -0.3 is 14.7 Å². The molecule has 1 amide bonds. The monoisotopic (exact) mass is 481 g/mol. The van der Waals surface area contributed by atoms with E-state index in [-0.39, 0.29) is 17.4 Å². The lowest BCUT2D eigenvalue weighted by Gasteiger charge is -2.26. The minimum atomic E-state index is -0.654. The Morgan fingerprint density at radius 3 is 2.44 bits per heavy atom. The second kappa shape index (κ2) is 9.65. The molecule has 1 fully saturated rings. The highest BCUT2D eigenvalue weighted by atomic mass is 16.5. The van der Waals surface area contributed by atoms with Gasteiger partial charge in [0, 0.05) is 18.5 Å². The number of rotatable bonds is 6. The number of likely N-dealkylation sites (tertiary alicyclic amines) is 1. The summed E-state index contributed by atoms with van der Waals surface area (Å²) >= 11 is 0. The maximum absolute atomic E-state index is 13.4. The van der Waals surface area contributed by atoms with E-state index >= 15 is 0 Å². The van der Waals surface area contributed by atoms with Crippen molar-refractivity contribution < 1.29 is 19.4 Å². The van der Waals surface area contributed by atoms with Gasteiger partial charge in [0.25, 0.3) is 11.7 Å². The van der Waals surface area contributed by atoms with E-state index in [0.29, 0.717) is 24.4 Å². The third-order valence-electron chi connectivity index (χ3n) is 7.11. The van der Waals surface area contributed by atoms with Crippen LogP contribution in [0.5, 0.6) is 5.75 Å². The van der Waals surface area contributed by atoms with E-state index in [1.54, 1.807) is 11.0 Å². The number of amides is 1. The molecule has 5 heteroatoms. The third kappa shape index (κ3) is 4.41. The summed E-state index contributed by atoms with van der Waals surface area (Å²) in [5, 5.41) is 11.4. The number of fused-ring (bicyclic) bond motifs is 1. The number of aliphatic hydroxyl groups excluding tert-OH is 1. The number of nitrogens with zero attached hydrogens (tertiary/aromatic N) is 1. The van der Waals surface area contributed by atoms with Gasteiger partial charge in [-0.25, -0.2) is 0 Å². The normalized spacial score (nSPS) is 20.6. The fourth-order valence-corrected chi connectivity index (χ4v) is 5.14. The summed E-state index contributed by atoms with van der Waals surface area (Å²) in [5.74, 6) is -0.217. The predicted molar refractivity (Wildman–Crippen MR) is 140 cm³/mol. The maximum atomic E-state index is 13.4. The van der Waals surface area contributed by atoms with Gasteiger partial charge in [0.1, 0.15) is 17.6 Å². The minimum Gasteiger partial charge on any atom is -0.507 e.